The van der Waals surface area contributed by atoms with Crippen LogP contribution in [0.1, 0.15) is 16.8 Å². The Labute approximate surface area is 111 Å². The highest BCUT2D eigenvalue weighted by atomic mass is 79.9. The summed E-state index contributed by atoms with van der Waals surface area (Å²) in [6, 6.07) is 4.79. The summed E-state index contributed by atoms with van der Waals surface area (Å²) in [5.74, 6) is -1.11. The molecule has 1 aliphatic rings. The number of benzene rings is 1. The lowest BCUT2D eigenvalue weighted by Crippen LogP contribution is -2.24. The molecule has 1 saturated heterocycles. The van der Waals surface area contributed by atoms with Gasteiger partial charge < -0.3 is 10.0 Å². The van der Waals surface area contributed by atoms with Crippen molar-refractivity contribution >= 4 is 45.1 Å². The monoisotopic (exact) mass is 317 g/mol. The van der Waals surface area contributed by atoms with Crippen molar-refractivity contribution in [3.05, 3.63) is 28.2 Å². The highest BCUT2D eigenvalue weighted by molar-refractivity contribution is 9.10. The molecule has 2 rings (SSSR count). The van der Waals surface area contributed by atoms with Gasteiger partial charge in [-0.05, 0) is 34.1 Å². The quantitative estimate of drug-likeness (QED) is 0.852. The molecule has 0 bridgehead atoms. The number of alkyl halides is 1. The SMILES string of the molecule is O=C(O)c1cc(N2CC(Cl)CC2=O)ccc1Br. The number of carboxylic acids is 1. The van der Waals surface area contributed by atoms with Gasteiger partial charge in [0.15, 0.2) is 0 Å². The Bertz CT molecular complexity index is 492. The Morgan fingerprint density at radius 2 is 2.24 bits per heavy atom. The number of nitrogens with zero attached hydrogens (tertiary/aromatic N) is 1. The van der Waals surface area contributed by atoms with Crippen molar-refractivity contribution < 1.29 is 14.7 Å². The van der Waals surface area contributed by atoms with Crippen molar-refractivity contribution in [1.82, 2.24) is 0 Å². The summed E-state index contributed by atoms with van der Waals surface area (Å²) in [6.07, 6.45) is 0.292. The second-order valence-electron chi connectivity index (χ2n) is 3.78. The van der Waals surface area contributed by atoms with Crippen LogP contribution in [0.5, 0.6) is 0 Å². The van der Waals surface area contributed by atoms with Crippen molar-refractivity contribution in [1.29, 1.82) is 0 Å². The zero-order chi connectivity index (χ0) is 12.6. The molecule has 1 aromatic carbocycles. The minimum absolute atomic E-state index is 0.0799. The number of carbonyl (C=O) groups excluding carboxylic acids is 1. The second-order valence-corrected chi connectivity index (χ2v) is 5.25. The van der Waals surface area contributed by atoms with E-state index in [2.05, 4.69) is 15.9 Å². The van der Waals surface area contributed by atoms with Crippen molar-refractivity contribution in [2.45, 2.75) is 11.8 Å². The molecule has 6 heteroatoms. The summed E-state index contributed by atoms with van der Waals surface area (Å²) in [7, 11) is 0. The average molecular weight is 319 g/mol. The molecule has 1 aliphatic heterocycles. The van der Waals surface area contributed by atoms with Crippen molar-refractivity contribution in [2.75, 3.05) is 11.4 Å². The molecule has 1 aromatic rings. The number of halogens is 2. The first-order valence-electron chi connectivity index (χ1n) is 4.96. The van der Waals surface area contributed by atoms with Crippen LogP contribution in [0, 0.1) is 0 Å². The molecule has 1 amide bonds. The number of amides is 1. The van der Waals surface area contributed by atoms with E-state index in [1.807, 2.05) is 0 Å². The van der Waals surface area contributed by atoms with Crippen molar-refractivity contribution in [3.8, 4) is 0 Å². The smallest absolute Gasteiger partial charge is 0.336 e. The van der Waals surface area contributed by atoms with Crippen LogP contribution >= 0.6 is 27.5 Å². The molecule has 0 spiro atoms. The molecule has 4 nitrogen and oxygen atoms in total. The zero-order valence-corrected chi connectivity index (χ0v) is 11.0. The molecule has 0 saturated carbocycles. The Hall–Kier alpha value is -1.07. The van der Waals surface area contributed by atoms with E-state index in [1.165, 1.54) is 11.0 Å². The summed E-state index contributed by atoms with van der Waals surface area (Å²) in [5, 5.41) is 8.78. The maximum absolute atomic E-state index is 11.6. The first-order chi connectivity index (χ1) is 7.99. The van der Waals surface area contributed by atoms with Gasteiger partial charge in [-0.25, -0.2) is 4.79 Å². The van der Waals surface area contributed by atoms with Crippen LogP contribution in [0.25, 0.3) is 0 Å². The molecular weight excluding hydrogens is 309 g/mol. The van der Waals surface area contributed by atoms with E-state index in [4.69, 9.17) is 16.7 Å². The number of hydrogen-bond acceptors (Lipinski definition) is 2. The van der Waals surface area contributed by atoms with Gasteiger partial charge in [-0.2, -0.15) is 0 Å². The summed E-state index contributed by atoms with van der Waals surface area (Å²) in [5.41, 5.74) is 0.701. The zero-order valence-electron chi connectivity index (χ0n) is 8.69. The number of carboxylic acid groups (broad SMARTS) is 1. The van der Waals surface area contributed by atoms with Gasteiger partial charge in [-0.3, -0.25) is 4.79 Å². The van der Waals surface area contributed by atoms with E-state index in [1.54, 1.807) is 12.1 Å². The molecule has 17 heavy (non-hydrogen) atoms. The van der Waals surface area contributed by atoms with Gasteiger partial charge in [0.25, 0.3) is 0 Å². The van der Waals surface area contributed by atoms with Gasteiger partial charge in [0.05, 0.1) is 10.9 Å². The first-order valence-corrected chi connectivity index (χ1v) is 6.19. The second kappa shape index (κ2) is 4.66. The molecule has 0 aromatic heterocycles. The van der Waals surface area contributed by atoms with Crippen LogP contribution in [0.4, 0.5) is 5.69 Å². The molecule has 1 heterocycles. The van der Waals surface area contributed by atoms with Crippen LogP contribution in [0.2, 0.25) is 0 Å². The number of carbonyl (C=O) groups is 2. The van der Waals surface area contributed by atoms with Crippen LogP contribution in [-0.2, 0) is 4.79 Å². The topological polar surface area (TPSA) is 57.6 Å². The van der Waals surface area contributed by atoms with Crippen LogP contribution in [0.15, 0.2) is 22.7 Å². The highest BCUT2D eigenvalue weighted by Crippen LogP contribution is 2.28. The standard InChI is InChI=1S/C11H9BrClNO3/c12-9-2-1-7(4-8(9)11(16)17)14-5-6(13)3-10(14)15/h1-2,4,6H,3,5H2,(H,16,17). The molecule has 1 atom stereocenters. The van der Waals surface area contributed by atoms with Gasteiger partial charge >= 0.3 is 5.97 Å². The fourth-order valence-electron chi connectivity index (χ4n) is 1.76. The molecular formula is C11H9BrClNO3. The Morgan fingerprint density at radius 3 is 2.76 bits per heavy atom. The molecule has 1 fully saturated rings. The van der Waals surface area contributed by atoms with Crippen LogP contribution < -0.4 is 4.90 Å². The summed E-state index contributed by atoms with van der Waals surface area (Å²) in [4.78, 5) is 24.1. The fraction of sp³-hybridized carbons (Fsp3) is 0.273. The summed E-state index contributed by atoms with van der Waals surface area (Å²) in [6.45, 7) is 0.418. The normalized spacial score (nSPS) is 19.8. The van der Waals surface area contributed by atoms with E-state index in [0.29, 0.717) is 23.1 Å². The van der Waals surface area contributed by atoms with E-state index in [9.17, 15) is 9.59 Å². The van der Waals surface area contributed by atoms with Crippen LogP contribution in [0.3, 0.4) is 0 Å². The predicted molar refractivity (Wildman–Crippen MR) is 67.7 cm³/mol. The fourth-order valence-corrected chi connectivity index (χ4v) is 2.44. The lowest BCUT2D eigenvalue weighted by molar-refractivity contribution is -0.117. The van der Waals surface area contributed by atoms with Crippen molar-refractivity contribution in [3.63, 3.8) is 0 Å². The summed E-state index contributed by atoms with van der Waals surface area (Å²) < 4.78 is 0.489. The van der Waals surface area contributed by atoms with Gasteiger partial charge in [0.1, 0.15) is 0 Å². The third-order valence-electron chi connectivity index (χ3n) is 2.57. The minimum atomic E-state index is -1.03. The largest absolute Gasteiger partial charge is 0.478 e. The van der Waals surface area contributed by atoms with Gasteiger partial charge in [0, 0.05) is 23.1 Å². The van der Waals surface area contributed by atoms with E-state index in [0.717, 1.165) is 0 Å². The van der Waals surface area contributed by atoms with Gasteiger partial charge in [0.2, 0.25) is 5.91 Å². The lowest BCUT2D eigenvalue weighted by Gasteiger charge is -2.16. The van der Waals surface area contributed by atoms with Crippen molar-refractivity contribution in [2.24, 2.45) is 0 Å². The average Bonchev–Trinajstić information content (AvgIpc) is 2.58. The Morgan fingerprint density at radius 1 is 1.53 bits per heavy atom. The number of hydrogen-bond donors (Lipinski definition) is 1. The number of aromatic carboxylic acids is 1. The number of anilines is 1. The third-order valence-corrected chi connectivity index (χ3v) is 3.55. The summed E-state index contributed by atoms with van der Waals surface area (Å²) >= 11 is 9.05. The van der Waals surface area contributed by atoms with Gasteiger partial charge in [-0.1, -0.05) is 0 Å². The Balaban J connectivity index is 2.37. The van der Waals surface area contributed by atoms with Gasteiger partial charge in [-0.15, -0.1) is 11.6 Å². The van der Waals surface area contributed by atoms with E-state index < -0.39 is 5.97 Å². The minimum Gasteiger partial charge on any atom is -0.478 e. The van der Waals surface area contributed by atoms with E-state index in [-0.39, 0.29) is 16.8 Å². The predicted octanol–water partition coefficient (Wildman–Crippen LogP) is 2.49. The first kappa shape index (κ1) is 12.4. The Kier molecular flexibility index (Phi) is 3.40. The molecule has 1 unspecified atom stereocenters. The molecule has 0 radical (unpaired) electrons. The third kappa shape index (κ3) is 2.45. The number of rotatable bonds is 2. The molecule has 90 valence electrons. The van der Waals surface area contributed by atoms with E-state index >= 15 is 0 Å². The van der Waals surface area contributed by atoms with Crippen LogP contribution in [-0.4, -0.2) is 28.9 Å². The molecule has 1 N–H and O–H groups in total. The maximum atomic E-state index is 11.6. The highest BCUT2D eigenvalue weighted by Gasteiger charge is 2.29. The maximum Gasteiger partial charge on any atom is 0.336 e. The lowest BCUT2D eigenvalue weighted by atomic mass is 10.2. The molecule has 0 aliphatic carbocycles.